The van der Waals surface area contributed by atoms with Crippen molar-refractivity contribution < 1.29 is 9.26 Å². The molecule has 12 heteroatoms. The van der Waals surface area contributed by atoms with E-state index in [-0.39, 0.29) is 12.1 Å². The average molecular weight is 578 g/mol. The minimum atomic E-state index is -0.600. The maximum absolute atomic E-state index is 9.88. The van der Waals surface area contributed by atoms with Crippen molar-refractivity contribution >= 4 is 22.2 Å². The predicted octanol–water partition coefficient (Wildman–Crippen LogP) is 3.73. The Labute approximate surface area is 245 Å². The van der Waals surface area contributed by atoms with Gasteiger partial charge in [-0.05, 0) is 73.4 Å². The van der Waals surface area contributed by atoms with E-state index in [1.807, 2.05) is 6.07 Å². The summed E-state index contributed by atoms with van der Waals surface area (Å²) >= 11 is 1.49. The van der Waals surface area contributed by atoms with Crippen LogP contribution in [-0.2, 0) is 11.8 Å². The third-order valence-electron chi connectivity index (χ3n) is 9.04. The van der Waals surface area contributed by atoms with Crippen LogP contribution in [0.25, 0.3) is 11.5 Å². The van der Waals surface area contributed by atoms with Crippen LogP contribution < -0.4 is 20.7 Å². The van der Waals surface area contributed by atoms with E-state index in [1.165, 1.54) is 11.3 Å². The number of hydrogen-bond acceptors (Lipinski definition) is 12. The van der Waals surface area contributed by atoms with E-state index < -0.39 is 5.41 Å². The molecular formula is C29H39N9O2S. The van der Waals surface area contributed by atoms with Crippen molar-refractivity contribution in [3.8, 4) is 23.6 Å². The molecule has 41 heavy (non-hydrogen) atoms. The Morgan fingerprint density at radius 2 is 2.12 bits per heavy atom. The average Bonchev–Trinajstić information content (AvgIpc) is 3.68. The number of hydrogen-bond donors (Lipinski definition) is 2. The first-order chi connectivity index (χ1) is 19.7. The number of nitrogens with two attached hydrogens (primary N) is 1. The van der Waals surface area contributed by atoms with Crippen LogP contribution in [0.2, 0.25) is 0 Å². The van der Waals surface area contributed by atoms with Crippen LogP contribution in [0.1, 0.15) is 75.3 Å². The van der Waals surface area contributed by atoms with Gasteiger partial charge in [-0.2, -0.15) is 20.2 Å². The zero-order valence-electron chi connectivity index (χ0n) is 24.5. The highest BCUT2D eigenvalue weighted by atomic mass is 32.1. The first kappa shape index (κ1) is 27.9. The Morgan fingerprint density at radius 1 is 1.29 bits per heavy atom. The van der Waals surface area contributed by atoms with Crippen molar-refractivity contribution in [1.82, 2.24) is 30.3 Å². The summed E-state index contributed by atoms with van der Waals surface area (Å²) in [6.45, 7) is 11.3. The van der Waals surface area contributed by atoms with Gasteiger partial charge in [0.25, 0.3) is 0 Å². The summed E-state index contributed by atoms with van der Waals surface area (Å²) in [5.74, 6) is 1.63. The highest BCUT2D eigenvalue weighted by Gasteiger charge is 2.43. The number of aromatic nitrogens is 4. The van der Waals surface area contributed by atoms with Crippen LogP contribution in [0.3, 0.4) is 0 Å². The second-order valence-electron chi connectivity index (χ2n) is 12.1. The highest BCUT2D eigenvalue weighted by Crippen LogP contribution is 2.48. The maximum Gasteiger partial charge on any atom is 0.319 e. The van der Waals surface area contributed by atoms with E-state index in [2.05, 4.69) is 61.1 Å². The summed E-state index contributed by atoms with van der Waals surface area (Å²) in [6.07, 6.45) is 4.81. The summed E-state index contributed by atoms with van der Waals surface area (Å²) in [5.41, 5.74) is 7.64. The Morgan fingerprint density at radius 3 is 2.88 bits per heavy atom. The predicted molar refractivity (Wildman–Crippen MR) is 158 cm³/mol. The fourth-order valence-electron chi connectivity index (χ4n) is 6.70. The van der Waals surface area contributed by atoms with Gasteiger partial charge in [-0.1, -0.05) is 5.16 Å². The molecule has 11 nitrogen and oxygen atoms in total. The van der Waals surface area contributed by atoms with Crippen molar-refractivity contribution in [2.45, 2.75) is 89.4 Å². The highest BCUT2D eigenvalue weighted by molar-refractivity contribution is 7.16. The molecule has 3 N–H and O–H groups in total. The van der Waals surface area contributed by atoms with Crippen LogP contribution in [-0.4, -0.2) is 75.9 Å². The minimum Gasteiger partial charge on any atom is -0.459 e. The second-order valence-corrected chi connectivity index (χ2v) is 13.2. The fraction of sp³-hybridized carbons (Fsp3) is 0.621. The number of nitrogens with one attached hydrogen (secondary N) is 1. The number of likely N-dealkylation sites (N-methyl/N-ethyl adjacent to an activating group) is 1. The zero-order chi connectivity index (χ0) is 28.9. The summed E-state index contributed by atoms with van der Waals surface area (Å²) in [7, 11) is 2.14. The number of nitriles is 1. The lowest BCUT2D eigenvalue weighted by molar-refractivity contribution is 0.112. The Kier molecular flexibility index (Phi) is 7.38. The van der Waals surface area contributed by atoms with Crippen molar-refractivity contribution in [2.75, 3.05) is 37.3 Å². The number of nitrogen functional groups attached to an aromatic ring is 1. The number of aryl methyl sites for hydroxylation is 1. The molecule has 2 saturated heterocycles. The molecular weight excluding hydrogens is 538 g/mol. The van der Waals surface area contributed by atoms with Gasteiger partial charge in [0, 0.05) is 47.7 Å². The van der Waals surface area contributed by atoms with Gasteiger partial charge in [0.1, 0.15) is 28.7 Å². The van der Waals surface area contributed by atoms with Crippen LogP contribution in [0.4, 0.5) is 10.8 Å². The molecule has 0 aromatic carbocycles. The molecule has 3 aromatic heterocycles. The van der Waals surface area contributed by atoms with Gasteiger partial charge in [0.15, 0.2) is 0 Å². The summed E-state index contributed by atoms with van der Waals surface area (Å²) in [4.78, 5) is 20.3. The second kappa shape index (κ2) is 10.9. The van der Waals surface area contributed by atoms with E-state index in [1.54, 1.807) is 0 Å². The molecule has 1 aliphatic carbocycles. The van der Waals surface area contributed by atoms with Gasteiger partial charge in [-0.15, -0.1) is 11.3 Å². The molecule has 6 rings (SSSR count). The van der Waals surface area contributed by atoms with E-state index in [0.717, 1.165) is 68.0 Å². The van der Waals surface area contributed by atoms with E-state index >= 15 is 0 Å². The molecule has 5 atom stereocenters. The van der Waals surface area contributed by atoms with Crippen molar-refractivity contribution in [3.63, 3.8) is 0 Å². The lowest BCUT2D eigenvalue weighted by Crippen LogP contribution is -2.54. The molecule has 0 amide bonds. The molecule has 2 aliphatic heterocycles. The van der Waals surface area contributed by atoms with Gasteiger partial charge in [0.2, 0.25) is 11.7 Å². The number of fused-ring (bicyclic) bond motifs is 1. The van der Waals surface area contributed by atoms with Gasteiger partial charge in [-0.25, -0.2) is 0 Å². The topological polar surface area (TPSA) is 142 Å². The Hall–Kier alpha value is -3.27. The number of anilines is 2. The fourth-order valence-corrected chi connectivity index (χ4v) is 7.89. The molecule has 2 fully saturated rings. The largest absolute Gasteiger partial charge is 0.459 e. The van der Waals surface area contributed by atoms with E-state index in [0.29, 0.717) is 46.1 Å². The molecule has 0 spiro atoms. The summed E-state index contributed by atoms with van der Waals surface area (Å²) < 4.78 is 12.3. The molecule has 218 valence electrons. The maximum atomic E-state index is 9.88. The Balaban J connectivity index is 1.38. The quantitative estimate of drug-likeness (QED) is 0.442. The van der Waals surface area contributed by atoms with Gasteiger partial charge >= 0.3 is 6.01 Å². The summed E-state index contributed by atoms with van der Waals surface area (Å²) in [6, 6.07) is 5.45. The number of thiophene rings is 1. The zero-order valence-corrected chi connectivity index (χ0v) is 25.3. The van der Waals surface area contributed by atoms with Gasteiger partial charge in [-0.3, -0.25) is 4.90 Å². The first-order valence-electron chi connectivity index (χ1n) is 14.6. The van der Waals surface area contributed by atoms with Crippen LogP contribution in [0.5, 0.6) is 6.01 Å². The van der Waals surface area contributed by atoms with Crippen LogP contribution in [0, 0.1) is 11.3 Å². The van der Waals surface area contributed by atoms with Crippen molar-refractivity contribution in [3.05, 3.63) is 28.0 Å². The van der Waals surface area contributed by atoms with E-state index in [9.17, 15) is 5.26 Å². The standard InChI is InChI=1S/C29H39N9O2S/c1-16-15-38(17(2)14-32-16)23-12-20(33-28(34-23)39-18(3)21-8-7-11-37(21)5)26-35-27(40-36-26)29(4)10-6-9-22-24(29)19(13-30)25(31)41-22/h12,16-18,21,32H,6-11,14-15,31H2,1-5H3/t16-,17+,18+,21+,29+/m1/s1. The SMILES string of the molecule is C[C@@H]1CN(c2cc(-c3noc([C@@]4(C)CCCc5sc(N)c(C#N)c54)n3)nc(O[C@@H](C)[C@@H]3CCCN3C)n2)[C@@H](C)CN1. The van der Waals surface area contributed by atoms with Gasteiger partial charge < -0.3 is 25.2 Å². The molecule has 0 radical (unpaired) electrons. The molecule has 3 aliphatic rings. The number of likely N-dealkylation sites (tertiary alicyclic amines) is 1. The first-order valence-corrected chi connectivity index (χ1v) is 15.4. The monoisotopic (exact) mass is 577 g/mol. The molecule has 5 heterocycles. The lowest BCUT2D eigenvalue weighted by atomic mass is 9.72. The van der Waals surface area contributed by atoms with Crippen LogP contribution >= 0.6 is 11.3 Å². The third-order valence-corrected chi connectivity index (χ3v) is 10.1. The van der Waals surface area contributed by atoms with Crippen molar-refractivity contribution in [2.24, 2.45) is 0 Å². The van der Waals surface area contributed by atoms with E-state index in [4.69, 9.17) is 29.9 Å². The third kappa shape index (κ3) is 5.04. The summed E-state index contributed by atoms with van der Waals surface area (Å²) in [5, 5.41) is 18.4. The van der Waals surface area contributed by atoms with Crippen molar-refractivity contribution in [1.29, 1.82) is 5.26 Å². The molecule has 0 saturated carbocycles. The number of piperazine rings is 1. The molecule has 3 aromatic rings. The molecule has 0 unspecified atom stereocenters. The molecule has 0 bridgehead atoms. The van der Waals surface area contributed by atoms with Crippen LogP contribution in [0.15, 0.2) is 10.6 Å². The smallest absolute Gasteiger partial charge is 0.319 e. The van der Waals surface area contributed by atoms with Gasteiger partial charge in [0.05, 0.1) is 11.0 Å². The minimum absolute atomic E-state index is 0.0705. The number of rotatable bonds is 6. The normalized spacial score (nSPS) is 27.4. The number of ether oxygens (including phenoxy) is 1. The number of nitrogens with zero attached hydrogens (tertiary/aromatic N) is 7. The lowest BCUT2D eigenvalue weighted by Gasteiger charge is -2.38. The Bertz CT molecular complexity index is 1460.